The molecule has 1 amide bonds. The summed E-state index contributed by atoms with van der Waals surface area (Å²) in [6, 6.07) is 4.61. The van der Waals surface area contributed by atoms with E-state index in [4.69, 9.17) is 4.74 Å². The number of rotatable bonds is 2. The Balaban J connectivity index is 2.18. The topological polar surface area (TPSA) is 70.0 Å². The molecule has 0 bridgehead atoms. The zero-order chi connectivity index (χ0) is 14.8. The van der Waals surface area contributed by atoms with Crippen LogP contribution in [0.1, 0.15) is 36.5 Å². The molecule has 1 saturated heterocycles. The van der Waals surface area contributed by atoms with Crippen molar-refractivity contribution < 1.29 is 19.7 Å². The van der Waals surface area contributed by atoms with Crippen molar-refractivity contribution in [1.82, 2.24) is 4.90 Å². The molecule has 1 atom stereocenters. The van der Waals surface area contributed by atoms with E-state index in [1.165, 1.54) is 13.2 Å². The van der Waals surface area contributed by atoms with Gasteiger partial charge in [-0.1, -0.05) is 0 Å². The van der Waals surface area contributed by atoms with Gasteiger partial charge in [0.15, 0.2) is 0 Å². The molecule has 5 heteroatoms. The van der Waals surface area contributed by atoms with Crippen molar-refractivity contribution >= 4 is 5.91 Å². The van der Waals surface area contributed by atoms with Gasteiger partial charge in [-0.2, -0.15) is 0 Å². The first-order valence-corrected chi connectivity index (χ1v) is 6.81. The van der Waals surface area contributed by atoms with Crippen LogP contribution >= 0.6 is 0 Å². The molecule has 2 rings (SSSR count). The van der Waals surface area contributed by atoms with E-state index in [1.54, 1.807) is 24.0 Å². The monoisotopic (exact) mass is 279 g/mol. The van der Waals surface area contributed by atoms with Gasteiger partial charge in [0.2, 0.25) is 0 Å². The molecule has 110 valence electrons. The van der Waals surface area contributed by atoms with Gasteiger partial charge in [0.1, 0.15) is 11.5 Å². The number of aliphatic hydroxyl groups is 1. The molecule has 1 fully saturated rings. The Morgan fingerprint density at radius 2 is 2.10 bits per heavy atom. The number of amides is 1. The van der Waals surface area contributed by atoms with E-state index in [2.05, 4.69) is 0 Å². The number of methoxy groups -OCH3 is 1. The van der Waals surface area contributed by atoms with Gasteiger partial charge in [-0.15, -0.1) is 0 Å². The molecule has 1 heterocycles. The van der Waals surface area contributed by atoms with Gasteiger partial charge >= 0.3 is 0 Å². The Kier molecular flexibility index (Phi) is 4.18. The zero-order valence-corrected chi connectivity index (χ0v) is 11.9. The minimum atomic E-state index is -0.717. The molecule has 0 aliphatic carbocycles. The smallest absolute Gasteiger partial charge is 0.257 e. The quantitative estimate of drug-likeness (QED) is 0.865. The average molecular weight is 279 g/mol. The molecule has 1 aromatic rings. The number of phenolic OH excluding ortho intramolecular Hbond substituents is 1. The Bertz CT molecular complexity index is 499. The fourth-order valence-electron chi connectivity index (χ4n) is 2.45. The van der Waals surface area contributed by atoms with Crippen molar-refractivity contribution in [1.29, 1.82) is 0 Å². The number of phenols is 1. The summed E-state index contributed by atoms with van der Waals surface area (Å²) < 4.78 is 5.08. The van der Waals surface area contributed by atoms with Crippen molar-refractivity contribution in [2.75, 3.05) is 20.2 Å². The molecule has 20 heavy (non-hydrogen) atoms. The van der Waals surface area contributed by atoms with Crippen LogP contribution in [0, 0.1) is 0 Å². The van der Waals surface area contributed by atoms with E-state index in [1.807, 2.05) is 0 Å². The third-order valence-electron chi connectivity index (χ3n) is 3.79. The van der Waals surface area contributed by atoms with E-state index in [-0.39, 0.29) is 17.2 Å². The fourth-order valence-corrected chi connectivity index (χ4v) is 2.45. The maximum atomic E-state index is 12.5. The van der Waals surface area contributed by atoms with Gasteiger partial charge in [-0.3, -0.25) is 4.79 Å². The molecule has 1 aromatic carbocycles. The second-order valence-electron chi connectivity index (χ2n) is 5.53. The van der Waals surface area contributed by atoms with E-state index < -0.39 is 5.60 Å². The van der Waals surface area contributed by atoms with Crippen LogP contribution in [-0.4, -0.2) is 46.8 Å². The summed E-state index contributed by atoms with van der Waals surface area (Å²) in [7, 11) is 1.52. The molecule has 0 spiro atoms. The maximum absolute atomic E-state index is 12.5. The molecule has 0 saturated carbocycles. The van der Waals surface area contributed by atoms with Gasteiger partial charge in [0.25, 0.3) is 5.91 Å². The minimum absolute atomic E-state index is 0.0493. The number of aromatic hydroxyl groups is 1. The highest BCUT2D eigenvalue weighted by Crippen LogP contribution is 2.27. The molecular formula is C15H21NO4. The van der Waals surface area contributed by atoms with Gasteiger partial charge in [-0.05, 0) is 44.4 Å². The first-order valence-electron chi connectivity index (χ1n) is 6.81. The van der Waals surface area contributed by atoms with Crippen molar-refractivity contribution in [3.8, 4) is 11.5 Å². The van der Waals surface area contributed by atoms with Crippen molar-refractivity contribution in [2.45, 2.75) is 31.8 Å². The van der Waals surface area contributed by atoms with Gasteiger partial charge in [0, 0.05) is 13.1 Å². The molecular weight excluding hydrogens is 258 g/mol. The first kappa shape index (κ1) is 14.7. The third-order valence-corrected chi connectivity index (χ3v) is 3.79. The zero-order valence-electron chi connectivity index (χ0n) is 11.9. The van der Waals surface area contributed by atoms with E-state index in [0.29, 0.717) is 31.7 Å². The number of carbonyl (C=O) groups excluding carboxylic acids is 1. The number of hydrogen-bond acceptors (Lipinski definition) is 4. The maximum Gasteiger partial charge on any atom is 0.257 e. The Labute approximate surface area is 118 Å². The highest BCUT2D eigenvalue weighted by atomic mass is 16.5. The van der Waals surface area contributed by atoms with Crippen molar-refractivity contribution in [2.24, 2.45) is 0 Å². The van der Waals surface area contributed by atoms with E-state index >= 15 is 0 Å². The van der Waals surface area contributed by atoms with Gasteiger partial charge in [-0.25, -0.2) is 0 Å². The van der Waals surface area contributed by atoms with Crippen LogP contribution in [0.25, 0.3) is 0 Å². The minimum Gasteiger partial charge on any atom is -0.507 e. The Hall–Kier alpha value is -1.75. The average Bonchev–Trinajstić information content (AvgIpc) is 2.59. The van der Waals surface area contributed by atoms with Crippen LogP contribution in [-0.2, 0) is 0 Å². The third kappa shape index (κ3) is 3.22. The highest BCUT2D eigenvalue weighted by Gasteiger charge is 2.28. The number of likely N-dealkylation sites (tertiary alicyclic amines) is 1. The summed E-state index contributed by atoms with van der Waals surface area (Å²) >= 11 is 0. The summed E-state index contributed by atoms with van der Waals surface area (Å²) in [6.07, 6.45) is 1.98. The second-order valence-corrected chi connectivity index (χ2v) is 5.53. The molecule has 0 radical (unpaired) electrons. The van der Waals surface area contributed by atoms with Crippen LogP contribution < -0.4 is 4.74 Å². The largest absolute Gasteiger partial charge is 0.507 e. The van der Waals surface area contributed by atoms with Crippen LogP contribution in [0.5, 0.6) is 11.5 Å². The SMILES string of the molecule is COc1ccc(O)c(C(=O)N2CCCC(C)(O)CC2)c1. The van der Waals surface area contributed by atoms with E-state index in [9.17, 15) is 15.0 Å². The summed E-state index contributed by atoms with van der Waals surface area (Å²) in [5.74, 6) is 0.263. The Morgan fingerprint density at radius 1 is 1.35 bits per heavy atom. The lowest BCUT2D eigenvalue weighted by Gasteiger charge is -2.23. The van der Waals surface area contributed by atoms with Crippen LogP contribution in [0.15, 0.2) is 18.2 Å². The predicted molar refractivity (Wildman–Crippen MR) is 75.0 cm³/mol. The first-order chi connectivity index (χ1) is 9.43. The fraction of sp³-hybridized carbons (Fsp3) is 0.533. The summed E-state index contributed by atoms with van der Waals surface area (Å²) in [5, 5.41) is 19.9. The highest BCUT2D eigenvalue weighted by molar-refractivity contribution is 5.97. The lowest BCUT2D eigenvalue weighted by Crippen LogP contribution is -2.33. The van der Waals surface area contributed by atoms with Crippen LogP contribution in [0.4, 0.5) is 0 Å². The number of nitrogens with zero attached hydrogens (tertiary/aromatic N) is 1. The number of carbonyl (C=O) groups is 1. The summed E-state index contributed by atoms with van der Waals surface area (Å²) in [4.78, 5) is 14.2. The molecule has 2 N–H and O–H groups in total. The number of hydrogen-bond donors (Lipinski definition) is 2. The number of benzene rings is 1. The van der Waals surface area contributed by atoms with Crippen molar-refractivity contribution in [3.05, 3.63) is 23.8 Å². The lowest BCUT2D eigenvalue weighted by atomic mass is 9.98. The number of ether oxygens (including phenoxy) is 1. The summed E-state index contributed by atoms with van der Waals surface area (Å²) in [6.45, 7) is 2.87. The van der Waals surface area contributed by atoms with Crippen LogP contribution in [0.3, 0.4) is 0 Å². The Morgan fingerprint density at radius 3 is 2.80 bits per heavy atom. The molecule has 1 aliphatic rings. The van der Waals surface area contributed by atoms with E-state index in [0.717, 1.165) is 6.42 Å². The molecule has 1 unspecified atom stereocenters. The molecule has 0 aromatic heterocycles. The van der Waals surface area contributed by atoms with Gasteiger partial charge < -0.3 is 19.8 Å². The van der Waals surface area contributed by atoms with Gasteiger partial charge in [0.05, 0.1) is 18.3 Å². The normalized spacial score (nSPS) is 23.2. The second kappa shape index (κ2) is 5.71. The predicted octanol–water partition coefficient (Wildman–Crippen LogP) is 1.78. The molecule has 1 aliphatic heterocycles. The standard InChI is InChI=1S/C15H21NO4/c1-15(19)6-3-8-16(9-7-15)14(18)12-10-11(20-2)4-5-13(12)17/h4-5,10,17,19H,3,6-9H2,1-2H3. The van der Waals surface area contributed by atoms with Crippen LogP contribution in [0.2, 0.25) is 0 Å². The summed E-state index contributed by atoms with van der Waals surface area (Å²) in [5.41, 5.74) is -0.475. The molecule has 5 nitrogen and oxygen atoms in total. The van der Waals surface area contributed by atoms with Crippen molar-refractivity contribution in [3.63, 3.8) is 0 Å². The lowest BCUT2D eigenvalue weighted by molar-refractivity contribution is 0.0437.